The lowest BCUT2D eigenvalue weighted by Crippen LogP contribution is -2.31. The fourth-order valence-corrected chi connectivity index (χ4v) is 3.89. The predicted octanol–water partition coefficient (Wildman–Crippen LogP) is 2.37. The van der Waals surface area contributed by atoms with Gasteiger partial charge in [-0.1, -0.05) is 0 Å². The lowest BCUT2D eigenvalue weighted by molar-refractivity contribution is -0.122. The fourth-order valence-electron chi connectivity index (χ4n) is 3.89. The van der Waals surface area contributed by atoms with Crippen molar-refractivity contribution in [1.29, 1.82) is 0 Å². The van der Waals surface area contributed by atoms with Crippen LogP contribution in [0.2, 0.25) is 0 Å². The smallest absolute Gasteiger partial charge is 0.256 e. The molecule has 0 fully saturated rings. The molecule has 8 heteroatoms. The van der Waals surface area contributed by atoms with Crippen molar-refractivity contribution in [3.8, 4) is 0 Å². The molecule has 8 nitrogen and oxygen atoms in total. The lowest BCUT2D eigenvalue weighted by Gasteiger charge is -2.17. The van der Waals surface area contributed by atoms with Gasteiger partial charge in [-0.25, -0.2) is 4.98 Å². The summed E-state index contributed by atoms with van der Waals surface area (Å²) < 4.78 is 6.64. The summed E-state index contributed by atoms with van der Waals surface area (Å²) in [4.78, 5) is 31.4. The average Bonchev–Trinajstić information content (AvgIpc) is 3.22. The second-order valence-electron chi connectivity index (χ2n) is 7.24. The maximum Gasteiger partial charge on any atom is 0.256 e. The fraction of sp³-hybridized carbons (Fsp3) is 0.333. The van der Waals surface area contributed by atoms with Gasteiger partial charge >= 0.3 is 0 Å². The summed E-state index contributed by atoms with van der Waals surface area (Å²) >= 11 is 0. The van der Waals surface area contributed by atoms with E-state index >= 15 is 0 Å². The van der Waals surface area contributed by atoms with Crippen LogP contribution in [-0.4, -0.2) is 46.8 Å². The highest BCUT2D eigenvalue weighted by molar-refractivity contribution is 6.12. The molecule has 0 saturated heterocycles. The normalized spacial score (nSPS) is 13.0. The van der Waals surface area contributed by atoms with E-state index in [1.54, 1.807) is 15.6 Å². The van der Waals surface area contributed by atoms with Crippen molar-refractivity contribution in [3.63, 3.8) is 0 Å². The molecular weight excluding hydrogens is 370 g/mol. The second kappa shape index (κ2) is 7.29. The lowest BCUT2D eigenvalue weighted by atomic mass is 10.1. The molecule has 3 heterocycles. The molecule has 0 radical (unpaired) electrons. The Labute approximate surface area is 168 Å². The maximum atomic E-state index is 13.0. The molecule has 0 unspecified atom stereocenters. The van der Waals surface area contributed by atoms with Crippen molar-refractivity contribution in [1.82, 2.24) is 14.8 Å². The number of carbonyl (C=O) groups is 2. The third kappa shape index (κ3) is 3.36. The van der Waals surface area contributed by atoms with Crippen molar-refractivity contribution in [2.45, 2.75) is 20.3 Å². The monoisotopic (exact) mass is 393 g/mol. The van der Waals surface area contributed by atoms with Crippen LogP contribution in [0.4, 0.5) is 11.4 Å². The van der Waals surface area contributed by atoms with Crippen molar-refractivity contribution < 1.29 is 14.3 Å². The first-order valence-corrected chi connectivity index (χ1v) is 9.43. The van der Waals surface area contributed by atoms with Gasteiger partial charge in [0.1, 0.15) is 6.61 Å². The van der Waals surface area contributed by atoms with Gasteiger partial charge in [0.2, 0.25) is 0 Å². The number of methoxy groups -OCH3 is 1. The highest BCUT2D eigenvalue weighted by Crippen LogP contribution is 2.31. The van der Waals surface area contributed by atoms with Gasteiger partial charge in [0, 0.05) is 37.8 Å². The number of amides is 2. The molecule has 0 saturated carbocycles. The zero-order valence-electron chi connectivity index (χ0n) is 16.9. The van der Waals surface area contributed by atoms with Crippen LogP contribution in [0.3, 0.4) is 0 Å². The number of anilines is 2. The van der Waals surface area contributed by atoms with Crippen LogP contribution in [0, 0.1) is 13.8 Å². The number of fused-ring (bicyclic) bond motifs is 2. The highest BCUT2D eigenvalue weighted by atomic mass is 16.5. The van der Waals surface area contributed by atoms with E-state index in [2.05, 4.69) is 15.4 Å². The Kier molecular flexibility index (Phi) is 4.79. The third-order valence-corrected chi connectivity index (χ3v) is 5.14. The second-order valence-corrected chi connectivity index (χ2v) is 7.24. The van der Waals surface area contributed by atoms with Crippen LogP contribution in [0.25, 0.3) is 11.0 Å². The van der Waals surface area contributed by atoms with Gasteiger partial charge in [0.25, 0.3) is 11.8 Å². The Morgan fingerprint density at radius 2 is 2.03 bits per heavy atom. The van der Waals surface area contributed by atoms with Gasteiger partial charge < -0.3 is 15.0 Å². The molecule has 3 aromatic rings. The van der Waals surface area contributed by atoms with E-state index < -0.39 is 0 Å². The van der Waals surface area contributed by atoms with Crippen molar-refractivity contribution in [3.05, 3.63) is 46.8 Å². The highest BCUT2D eigenvalue weighted by Gasteiger charge is 2.25. The van der Waals surface area contributed by atoms with Gasteiger partial charge in [-0.05, 0) is 50.1 Å². The molecule has 0 aliphatic carbocycles. The third-order valence-electron chi connectivity index (χ3n) is 5.14. The number of nitrogens with zero attached hydrogens (tertiary/aromatic N) is 4. The maximum absolute atomic E-state index is 13.0. The number of aryl methyl sites for hydroxylation is 3. The van der Waals surface area contributed by atoms with Crippen LogP contribution in [0.5, 0.6) is 0 Å². The summed E-state index contributed by atoms with van der Waals surface area (Å²) in [6.07, 6.45) is 0.745. The number of carbonyl (C=O) groups excluding carboxylic acids is 2. The van der Waals surface area contributed by atoms with Crippen LogP contribution in [0.1, 0.15) is 27.3 Å². The molecule has 2 amide bonds. The topological polar surface area (TPSA) is 89.3 Å². The Bertz CT molecular complexity index is 1140. The zero-order chi connectivity index (χ0) is 20.7. The van der Waals surface area contributed by atoms with E-state index in [1.807, 2.05) is 39.1 Å². The predicted molar refractivity (Wildman–Crippen MR) is 110 cm³/mol. The van der Waals surface area contributed by atoms with Gasteiger partial charge in [0.05, 0.1) is 16.6 Å². The SMILES string of the molecule is COCC(=O)N1CCc2cc(NC(=O)c3cc(C)nc4c3c(C)nn4C)ccc21. The Hall–Kier alpha value is -3.26. The Morgan fingerprint density at radius 3 is 2.79 bits per heavy atom. The van der Waals surface area contributed by atoms with Crippen LogP contribution >= 0.6 is 0 Å². The number of rotatable bonds is 4. The van der Waals surface area contributed by atoms with E-state index in [0.717, 1.165) is 34.4 Å². The molecule has 1 N–H and O–H groups in total. The molecule has 150 valence electrons. The minimum absolute atomic E-state index is 0.0553. The number of hydrogen-bond acceptors (Lipinski definition) is 5. The summed E-state index contributed by atoms with van der Waals surface area (Å²) in [7, 11) is 3.33. The Morgan fingerprint density at radius 1 is 1.24 bits per heavy atom. The molecular formula is C21H23N5O3. The van der Waals surface area contributed by atoms with Crippen LogP contribution in [0.15, 0.2) is 24.3 Å². The quantitative estimate of drug-likeness (QED) is 0.735. The van der Waals surface area contributed by atoms with Gasteiger partial charge in [-0.15, -0.1) is 0 Å². The number of benzene rings is 1. The largest absolute Gasteiger partial charge is 0.375 e. The van der Waals surface area contributed by atoms with Crippen LogP contribution in [-0.2, 0) is 23.0 Å². The van der Waals surface area contributed by atoms with Gasteiger partial charge in [-0.2, -0.15) is 5.10 Å². The summed E-state index contributed by atoms with van der Waals surface area (Å²) in [5.41, 5.74) is 5.35. The summed E-state index contributed by atoms with van der Waals surface area (Å²) in [5.74, 6) is -0.272. The molecule has 0 spiro atoms. The van der Waals surface area contributed by atoms with E-state index in [1.165, 1.54) is 7.11 Å². The summed E-state index contributed by atoms with van der Waals surface area (Å²) in [6.45, 7) is 4.41. The number of hydrogen-bond donors (Lipinski definition) is 1. The Balaban J connectivity index is 1.62. The minimum atomic E-state index is -0.207. The molecule has 2 aromatic heterocycles. The first-order valence-electron chi connectivity index (χ1n) is 9.43. The number of aromatic nitrogens is 3. The standard InChI is InChI=1S/C21H23N5O3/c1-12-9-16(19-13(2)24-25(3)20(19)22-12)21(28)23-15-5-6-17-14(10-15)7-8-26(17)18(27)11-29-4/h5-6,9-10H,7-8,11H2,1-4H3,(H,23,28). The van der Waals surface area contributed by atoms with Gasteiger partial charge in [0.15, 0.2) is 5.65 Å². The minimum Gasteiger partial charge on any atom is -0.375 e. The van der Waals surface area contributed by atoms with Crippen molar-refractivity contribution in [2.24, 2.45) is 7.05 Å². The number of ether oxygens (including phenoxy) is 1. The molecule has 1 aromatic carbocycles. The summed E-state index contributed by atoms with van der Waals surface area (Å²) in [5, 5.41) is 8.13. The first kappa shape index (κ1) is 19.1. The van der Waals surface area contributed by atoms with E-state index in [4.69, 9.17) is 4.74 Å². The number of pyridine rings is 1. The average molecular weight is 393 g/mol. The van der Waals surface area contributed by atoms with E-state index in [9.17, 15) is 9.59 Å². The molecule has 1 aliphatic rings. The van der Waals surface area contributed by atoms with Crippen molar-refractivity contribution >= 4 is 34.2 Å². The summed E-state index contributed by atoms with van der Waals surface area (Å²) in [6, 6.07) is 7.39. The zero-order valence-corrected chi connectivity index (χ0v) is 16.9. The first-order chi connectivity index (χ1) is 13.9. The number of nitrogens with one attached hydrogen (secondary N) is 1. The van der Waals surface area contributed by atoms with Crippen LogP contribution < -0.4 is 10.2 Å². The van der Waals surface area contributed by atoms with E-state index in [0.29, 0.717) is 23.4 Å². The van der Waals surface area contributed by atoms with Crippen molar-refractivity contribution in [2.75, 3.05) is 30.5 Å². The molecule has 29 heavy (non-hydrogen) atoms. The molecule has 0 atom stereocenters. The molecule has 1 aliphatic heterocycles. The molecule has 4 rings (SSSR count). The molecule has 0 bridgehead atoms. The van der Waals surface area contributed by atoms with Gasteiger partial charge in [-0.3, -0.25) is 14.3 Å². The van der Waals surface area contributed by atoms with E-state index in [-0.39, 0.29) is 18.4 Å².